The number of aromatic nitrogens is 2. The van der Waals surface area contributed by atoms with Gasteiger partial charge in [0.15, 0.2) is 0 Å². The van der Waals surface area contributed by atoms with E-state index in [-0.39, 0.29) is 6.04 Å². The first kappa shape index (κ1) is 12.7. The van der Waals surface area contributed by atoms with Crippen molar-refractivity contribution >= 4 is 0 Å². The molecule has 3 heteroatoms. The Bertz CT molecular complexity index is 465. The fourth-order valence-corrected chi connectivity index (χ4v) is 1.95. The Balaban J connectivity index is 2.27. The van der Waals surface area contributed by atoms with Crippen molar-refractivity contribution in [3.63, 3.8) is 0 Å². The Morgan fingerprint density at radius 3 is 2.44 bits per heavy atom. The summed E-state index contributed by atoms with van der Waals surface area (Å²) in [5.41, 5.74) is 3.70. The number of benzene rings is 1. The SMILES string of the molecule is CCCNC(c1ccc(C)cc1)c1ccnnc1. The summed E-state index contributed by atoms with van der Waals surface area (Å²) in [4.78, 5) is 0. The highest BCUT2D eigenvalue weighted by molar-refractivity contribution is 5.31. The van der Waals surface area contributed by atoms with Gasteiger partial charge in [0.25, 0.3) is 0 Å². The molecule has 0 radical (unpaired) electrons. The second kappa shape index (κ2) is 6.26. The van der Waals surface area contributed by atoms with Crippen LogP contribution in [0.2, 0.25) is 0 Å². The van der Waals surface area contributed by atoms with Crippen molar-refractivity contribution in [3.8, 4) is 0 Å². The largest absolute Gasteiger partial charge is 0.306 e. The fraction of sp³-hybridized carbons (Fsp3) is 0.333. The minimum atomic E-state index is 0.195. The molecule has 1 aromatic heterocycles. The number of nitrogens with zero attached hydrogens (tertiary/aromatic N) is 2. The van der Waals surface area contributed by atoms with Gasteiger partial charge in [0, 0.05) is 6.20 Å². The van der Waals surface area contributed by atoms with Gasteiger partial charge in [-0.15, -0.1) is 0 Å². The van der Waals surface area contributed by atoms with E-state index in [1.165, 1.54) is 11.1 Å². The predicted octanol–water partition coefficient (Wildman–Crippen LogP) is 2.87. The maximum absolute atomic E-state index is 3.97. The second-order valence-corrected chi connectivity index (χ2v) is 4.47. The van der Waals surface area contributed by atoms with Crippen LogP contribution in [-0.2, 0) is 0 Å². The molecule has 1 unspecified atom stereocenters. The van der Waals surface area contributed by atoms with Crippen LogP contribution in [0.3, 0.4) is 0 Å². The van der Waals surface area contributed by atoms with E-state index in [1.807, 2.05) is 12.3 Å². The maximum atomic E-state index is 3.97. The first-order valence-corrected chi connectivity index (χ1v) is 6.38. The van der Waals surface area contributed by atoms with E-state index in [1.54, 1.807) is 6.20 Å². The van der Waals surface area contributed by atoms with Crippen molar-refractivity contribution in [2.45, 2.75) is 26.3 Å². The van der Waals surface area contributed by atoms with Crippen LogP contribution in [0, 0.1) is 6.92 Å². The maximum Gasteiger partial charge on any atom is 0.0593 e. The summed E-state index contributed by atoms with van der Waals surface area (Å²) in [7, 11) is 0. The van der Waals surface area contributed by atoms with Crippen LogP contribution in [-0.4, -0.2) is 16.7 Å². The molecule has 0 fully saturated rings. The first-order chi connectivity index (χ1) is 8.81. The van der Waals surface area contributed by atoms with Crippen molar-refractivity contribution < 1.29 is 0 Å². The van der Waals surface area contributed by atoms with Gasteiger partial charge in [-0.2, -0.15) is 10.2 Å². The normalized spacial score (nSPS) is 12.3. The highest BCUT2D eigenvalue weighted by Gasteiger charge is 2.12. The molecule has 1 atom stereocenters. The molecule has 94 valence electrons. The lowest BCUT2D eigenvalue weighted by Gasteiger charge is -2.19. The number of hydrogen-bond donors (Lipinski definition) is 1. The molecule has 3 nitrogen and oxygen atoms in total. The lowest BCUT2D eigenvalue weighted by Crippen LogP contribution is -2.23. The molecule has 1 heterocycles. The van der Waals surface area contributed by atoms with E-state index in [4.69, 9.17) is 0 Å². The van der Waals surface area contributed by atoms with E-state index >= 15 is 0 Å². The molecule has 1 N–H and O–H groups in total. The van der Waals surface area contributed by atoms with Crippen LogP contribution < -0.4 is 5.32 Å². The molecular weight excluding hydrogens is 222 g/mol. The van der Waals surface area contributed by atoms with Gasteiger partial charge >= 0.3 is 0 Å². The van der Waals surface area contributed by atoms with Crippen LogP contribution in [0.15, 0.2) is 42.7 Å². The minimum Gasteiger partial charge on any atom is -0.306 e. The number of aryl methyl sites for hydroxylation is 1. The van der Waals surface area contributed by atoms with Gasteiger partial charge < -0.3 is 5.32 Å². The Morgan fingerprint density at radius 2 is 1.83 bits per heavy atom. The molecule has 0 saturated heterocycles. The van der Waals surface area contributed by atoms with E-state index in [0.29, 0.717) is 0 Å². The van der Waals surface area contributed by atoms with Gasteiger partial charge in [0.2, 0.25) is 0 Å². The lowest BCUT2D eigenvalue weighted by molar-refractivity contribution is 0.595. The quantitative estimate of drug-likeness (QED) is 0.874. The summed E-state index contributed by atoms with van der Waals surface area (Å²) in [6, 6.07) is 10.8. The lowest BCUT2D eigenvalue weighted by atomic mass is 9.99. The fourth-order valence-electron chi connectivity index (χ4n) is 1.95. The zero-order chi connectivity index (χ0) is 12.8. The van der Waals surface area contributed by atoms with Gasteiger partial charge in [-0.3, -0.25) is 0 Å². The molecule has 0 amide bonds. The molecule has 0 aliphatic heterocycles. The Morgan fingerprint density at radius 1 is 1.06 bits per heavy atom. The van der Waals surface area contributed by atoms with Crippen molar-refractivity contribution in [1.29, 1.82) is 0 Å². The van der Waals surface area contributed by atoms with Crippen molar-refractivity contribution in [2.75, 3.05) is 6.54 Å². The highest BCUT2D eigenvalue weighted by atomic mass is 15.1. The first-order valence-electron chi connectivity index (χ1n) is 6.38. The average molecular weight is 241 g/mol. The van der Waals surface area contributed by atoms with Crippen molar-refractivity contribution in [3.05, 3.63) is 59.4 Å². The van der Waals surface area contributed by atoms with E-state index in [2.05, 4.69) is 53.6 Å². The van der Waals surface area contributed by atoms with Crippen molar-refractivity contribution in [2.24, 2.45) is 0 Å². The highest BCUT2D eigenvalue weighted by Crippen LogP contribution is 2.21. The molecule has 18 heavy (non-hydrogen) atoms. The monoisotopic (exact) mass is 241 g/mol. The zero-order valence-corrected chi connectivity index (χ0v) is 10.9. The molecule has 0 saturated carbocycles. The van der Waals surface area contributed by atoms with Gasteiger partial charge in [-0.1, -0.05) is 36.8 Å². The molecular formula is C15H19N3. The molecule has 0 bridgehead atoms. The third-order valence-corrected chi connectivity index (χ3v) is 2.95. The molecule has 1 aromatic carbocycles. The summed E-state index contributed by atoms with van der Waals surface area (Å²) in [6.45, 7) is 5.26. The van der Waals surface area contributed by atoms with Crippen LogP contribution in [0.4, 0.5) is 0 Å². The van der Waals surface area contributed by atoms with Crippen molar-refractivity contribution in [1.82, 2.24) is 15.5 Å². The summed E-state index contributed by atoms with van der Waals surface area (Å²) >= 11 is 0. The Kier molecular flexibility index (Phi) is 4.42. The third kappa shape index (κ3) is 3.14. The second-order valence-electron chi connectivity index (χ2n) is 4.47. The topological polar surface area (TPSA) is 37.8 Å². The molecule has 0 aliphatic rings. The number of hydrogen-bond acceptors (Lipinski definition) is 3. The Labute approximate surface area is 108 Å². The molecule has 0 spiro atoms. The zero-order valence-electron chi connectivity index (χ0n) is 10.9. The standard InChI is InChI=1S/C15H19N3/c1-3-9-16-15(14-8-10-17-18-11-14)13-6-4-12(2)5-7-13/h4-8,10-11,15-16H,3,9H2,1-2H3. The van der Waals surface area contributed by atoms with Crippen LogP contribution in [0.25, 0.3) is 0 Å². The van der Waals surface area contributed by atoms with Crippen LogP contribution in [0.5, 0.6) is 0 Å². The third-order valence-electron chi connectivity index (χ3n) is 2.95. The molecule has 2 aromatic rings. The predicted molar refractivity (Wildman–Crippen MR) is 73.3 cm³/mol. The summed E-state index contributed by atoms with van der Waals surface area (Å²) in [6.07, 6.45) is 4.68. The minimum absolute atomic E-state index is 0.195. The van der Waals surface area contributed by atoms with E-state index in [0.717, 1.165) is 18.5 Å². The van der Waals surface area contributed by atoms with Gasteiger partial charge in [-0.05, 0) is 37.1 Å². The summed E-state index contributed by atoms with van der Waals surface area (Å²) in [5, 5.41) is 11.4. The van der Waals surface area contributed by atoms with Gasteiger partial charge in [0.1, 0.15) is 0 Å². The smallest absolute Gasteiger partial charge is 0.0593 e. The number of rotatable bonds is 5. The van der Waals surface area contributed by atoms with Crippen LogP contribution in [0.1, 0.15) is 36.1 Å². The van der Waals surface area contributed by atoms with Gasteiger partial charge in [-0.25, -0.2) is 0 Å². The summed E-state index contributed by atoms with van der Waals surface area (Å²) in [5.74, 6) is 0. The van der Waals surface area contributed by atoms with Gasteiger partial charge in [0.05, 0.1) is 12.2 Å². The van der Waals surface area contributed by atoms with E-state index in [9.17, 15) is 0 Å². The molecule has 0 aliphatic carbocycles. The van der Waals surface area contributed by atoms with E-state index < -0.39 is 0 Å². The van der Waals surface area contributed by atoms with Crippen LogP contribution >= 0.6 is 0 Å². The average Bonchev–Trinajstić information content (AvgIpc) is 2.42. The summed E-state index contributed by atoms with van der Waals surface area (Å²) < 4.78 is 0. The Hall–Kier alpha value is -1.74. The molecule has 2 rings (SSSR count). The number of nitrogens with one attached hydrogen (secondary N) is 1.